The minimum absolute atomic E-state index is 0.0451. The maximum Gasteiger partial charge on any atom is 0.337 e. The number of aryl methyl sites for hydroxylation is 2. The summed E-state index contributed by atoms with van der Waals surface area (Å²) in [5.74, 6) is -0.707. The SMILES string of the molecule is Cc1cccc(C)c1Nc1nccc(C(=O)O)c1N. The minimum Gasteiger partial charge on any atom is -0.478 e. The number of carboxylic acid groups (broad SMARTS) is 1. The van der Waals surface area contributed by atoms with Crippen LogP contribution in [0.2, 0.25) is 0 Å². The van der Waals surface area contributed by atoms with E-state index in [1.807, 2.05) is 32.0 Å². The highest BCUT2D eigenvalue weighted by molar-refractivity contribution is 5.96. The first-order chi connectivity index (χ1) is 9.00. The molecule has 1 heterocycles. The molecule has 19 heavy (non-hydrogen) atoms. The average Bonchev–Trinajstić information content (AvgIpc) is 2.35. The lowest BCUT2D eigenvalue weighted by Gasteiger charge is -2.14. The van der Waals surface area contributed by atoms with Crippen LogP contribution in [0.25, 0.3) is 0 Å². The summed E-state index contributed by atoms with van der Waals surface area (Å²) >= 11 is 0. The van der Waals surface area contributed by atoms with Crippen molar-refractivity contribution in [2.75, 3.05) is 11.1 Å². The molecule has 0 amide bonds. The molecule has 2 rings (SSSR count). The lowest BCUT2D eigenvalue weighted by molar-refractivity contribution is 0.0698. The van der Waals surface area contributed by atoms with Gasteiger partial charge < -0.3 is 16.2 Å². The Hall–Kier alpha value is -2.56. The third-order valence-electron chi connectivity index (χ3n) is 2.95. The lowest BCUT2D eigenvalue weighted by Crippen LogP contribution is -2.08. The van der Waals surface area contributed by atoms with Gasteiger partial charge in [-0.05, 0) is 31.0 Å². The van der Waals surface area contributed by atoms with E-state index in [4.69, 9.17) is 10.8 Å². The standard InChI is InChI=1S/C14H15N3O2/c1-8-4-3-5-9(2)12(8)17-13-11(15)10(14(18)19)6-7-16-13/h3-7H,15H2,1-2H3,(H,16,17)(H,18,19). The zero-order valence-corrected chi connectivity index (χ0v) is 10.8. The molecule has 0 unspecified atom stereocenters. The summed E-state index contributed by atoms with van der Waals surface area (Å²) < 4.78 is 0. The number of carbonyl (C=O) groups is 1. The number of nitrogen functional groups attached to an aromatic ring is 1. The molecule has 0 radical (unpaired) electrons. The monoisotopic (exact) mass is 257 g/mol. The van der Waals surface area contributed by atoms with E-state index in [9.17, 15) is 4.79 Å². The number of rotatable bonds is 3. The molecular formula is C14H15N3O2. The van der Waals surface area contributed by atoms with E-state index < -0.39 is 5.97 Å². The summed E-state index contributed by atoms with van der Waals surface area (Å²) in [5.41, 5.74) is 8.99. The molecule has 0 saturated carbocycles. The van der Waals surface area contributed by atoms with Gasteiger partial charge in [-0.25, -0.2) is 9.78 Å². The van der Waals surface area contributed by atoms with Gasteiger partial charge in [-0.1, -0.05) is 18.2 Å². The van der Waals surface area contributed by atoms with Gasteiger partial charge in [0.2, 0.25) is 0 Å². The number of carboxylic acids is 1. The third kappa shape index (κ3) is 2.49. The van der Waals surface area contributed by atoms with Crippen LogP contribution in [-0.4, -0.2) is 16.1 Å². The Morgan fingerprint density at radius 2 is 1.89 bits per heavy atom. The van der Waals surface area contributed by atoms with Crippen molar-refractivity contribution >= 4 is 23.2 Å². The van der Waals surface area contributed by atoms with Gasteiger partial charge >= 0.3 is 5.97 Å². The molecule has 0 saturated heterocycles. The van der Waals surface area contributed by atoms with Gasteiger partial charge in [0, 0.05) is 11.9 Å². The molecule has 4 N–H and O–H groups in total. The number of nitrogens with zero attached hydrogens (tertiary/aromatic N) is 1. The molecule has 0 aliphatic carbocycles. The van der Waals surface area contributed by atoms with Crippen molar-refractivity contribution in [1.82, 2.24) is 4.98 Å². The van der Waals surface area contributed by atoms with E-state index >= 15 is 0 Å². The van der Waals surface area contributed by atoms with Crippen LogP contribution >= 0.6 is 0 Å². The van der Waals surface area contributed by atoms with Gasteiger partial charge in [-0.3, -0.25) is 0 Å². The summed E-state index contributed by atoms with van der Waals surface area (Å²) in [7, 11) is 0. The highest BCUT2D eigenvalue weighted by Gasteiger charge is 2.13. The van der Waals surface area contributed by atoms with Crippen LogP contribution in [0.4, 0.5) is 17.2 Å². The maximum atomic E-state index is 11.0. The number of aromatic nitrogens is 1. The molecule has 0 atom stereocenters. The maximum absolute atomic E-state index is 11.0. The van der Waals surface area contributed by atoms with Gasteiger partial charge in [0.05, 0.1) is 11.3 Å². The topological polar surface area (TPSA) is 88.2 Å². The van der Waals surface area contributed by atoms with E-state index in [1.54, 1.807) is 0 Å². The molecular weight excluding hydrogens is 242 g/mol. The smallest absolute Gasteiger partial charge is 0.337 e. The van der Waals surface area contributed by atoms with Gasteiger partial charge in [0.1, 0.15) is 0 Å². The fraction of sp³-hybridized carbons (Fsp3) is 0.143. The fourth-order valence-electron chi connectivity index (χ4n) is 1.89. The largest absolute Gasteiger partial charge is 0.478 e. The second kappa shape index (κ2) is 4.97. The van der Waals surface area contributed by atoms with Crippen molar-refractivity contribution in [3.8, 4) is 0 Å². The van der Waals surface area contributed by atoms with Crippen molar-refractivity contribution in [2.24, 2.45) is 0 Å². The number of hydrogen-bond acceptors (Lipinski definition) is 4. The Kier molecular flexibility index (Phi) is 3.37. The molecule has 2 aromatic rings. The zero-order valence-electron chi connectivity index (χ0n) is 10.8. The molecule has 0 spiro atoms. The normalized spacial score (nSPS) is 10.2. The summed E-state index contributed by atoms with van der Waals surface area (Å²) in [4.78, 5) is 15.1. The summed E-state index contributed by atoms with van der Waals surface area (Å²) in [5, 5.41) is 12.1. The number of nitrogens with two attached hydrogens (primary N) is 1. The second-order valence-electron chi connectivity index (χ2n) is 4.32. The van der Waals surface area contributed by atoms with Crippen LogP contribution in [0, 0.1) is 13.8 Å². The Balaban J connectivity index is 2.45. The molecule has 5 heteroatoms. The van der Waals surface area contributed by atoms with E-state index in [2.05, 4.69) is 10.3 Å². The minimum atomic E-state index is -1.07. The number of pyridine rings is 1. The Labute approximate surface area is 111 Å². The van der Waals surface area contributed by atoms with E-state index in [-0.39, 0.29) is 11.3 Å². The van der Waals surface area contributed by atoms with Crippen LogP contribution in [0.1, 0.15) is 21.5 Å². The van der Waals surface area contributed by atoms with Crippen molar-refractivity contribution in [2.45, 2.75) is 13.8 Å². The summed E-state index contributed by atoms with van der Waals surface area (Å²) in [6, 6.07) is 7.27. The average molecular weight is 257 g/mol. The number of benzene rings is 1. The lowest BCUT2D eigenvalue weighted by atomic mass is 10.1. The van der Waals surface area contributed by atoms with Crippen molar-refractivity contribution < 1.29 is 9.90 Å². The molecule has 0 aliphatic heterocycles. The Morgan fingerprint density at radius 1 is 1.26 bits per heavy atom. The number of anilines is 3. The van der Waals surface area contributed by atoms with Gasteiger partial charge in [0.15, 0.2) is 5.82 Å². The van der Waals surface area contributed by atoms with E-state index in [0.717, 1.165) is 16.8 Å². The molecule has 98 valence electrons. The Morgan fingerprint density at radius 3 is 2.47 bits per heavy atom. The Bertz CT molecular complexity index is 618. The fourth-order valence-corrected chi connectivity index (χ4v) is 1.89. The molecule has 1 aromatic heterocycles. The molecule has 0 aliphatic rings. The highest BCUT2D eigenvalue weighted by atomic mass is 16.4. The predicted molar refractivity (Wildman–Crippen MR) is 74.8 cm³/mol. The predicted octanol–water partition coefficient (Wildman–Crippen LogP) is 2.72. The number of nitrogens with one attached hydrogen (secondary N) is 1. The highest BCUT2D eigenvalue weighted by Crippen LogP contribution is 2.27. The number of para-hydroxylation sites is 1. The van der Waals surface area contributed by atoms with Crippen LogP contribution in [-0.2, 0) is 0 Å². The van der Waals surface area contributed by atoms with Crippen molar-refractivity contribution in [3.63, 3.8) is 0 Å². The third-order valence-corrected chi connectivity index (χ3v) is 2.95. The van der Waals surface area contributed by atoms with Crippen molar-refractivity contribution in [1.29, 1.82) is 0 Å². The van der Waals surface area contributed by atoms with Gasteiger partial charge in [0.25, 0.3) is 0 Å². The second-order valence-corrected chi connectivity index (χ2v) is 4.32. The van der Waals surface area contributed by atoms with Crippen LogP contribution in [0.5, 0.6) is 0 Å². The van der Waals surface area contributed by atoms with Gasteiger partial charge in [-0.15, -0.1) is 0 Å². The molecule has 1 aromatic carbocycles. The van der Waals surface area contributed by atoms with Crippen LogP contribution in [0.3, 0.4) is 0 Å². The van der Waals surface area contributed by atoms with Crippen LogP contribution in [0.15, 0.2) is 30.5 Å². The first kappa shape index (κ1) is 12.9. The molecule has 0 bridgehead atoms. The molecule has 5 nitrogen and oxygen atoms in total. The van der Waals surface area contributed by atoms with E-state index in [1.165, 1.54) is 12.3 Å². The number of hydrogen-bond donors (Lipinski definition) is 3. The summed E-state index contributed by atoms with van der Waals surface area (Å²) in [6.45, 7) is 3.93. The zero-order chi connectivity index (χ0) is 14.0. The quantitative estimate of drug-likeness (QED) is 0.786. The van der Waals surface area contributed by atoms with E-state index in [0.29, 0.717) is 5.82 Å². The first-order valence-electron chi connectivity index (χ1n) is 5.81. The van der Waals surface area contributed by atoms with Gasteiger partial charge in [-0.2, -0.15) is 0 Å². The number of aromatic carboxylic acids is 1. The van der Waals surface area contributed by atoms with Crippen molar-refractivity contribution in [3.05, 3.63) is 47.2 Å². The molecule has 0 fully saturated rings. The first-order valence-corrected chi connectivity index (χ1v) is 5.81. The van der Waals surface area contributed by atoms with Crippen LogP contribution < -0.4 is 11.1 Å². The summed E-state index contributed by atoms with van der Waals surface area (Å²) in [6.07, 6.45) is 1.43.